The Labute approximate surface area is 154 Å². The van der Waals surface area contributed by atoms with Crippen LogP contribution in [0.2, 0.25) is 0 Å². The summed E-state index contributed by atoms with van der Waals surface area (Å²) in [6.45, 7) is 2.63. The Hall–Kier alpha value is -2.89. The fourth-order valence-electron chi connectivity index (χ4n) is 2.60. The normalized spacial score (nSPS) is 10.2. The summed E-state index contributed by atoms with van der Waals surface area (Å²) >= 11 is 0. The van der Waals surface area contributed by atoms with E-state index in [9.17, 15) is 4.79 Å². The molecule has 0 fully saturated rings. The SMILES string of the molecule is CCc1ccc(CN(C)C(=O)Nc2cc(OC)c(OC)c(OC)c2)cc1. The quantitative estimate of drug-likeness (QED) is 0.814. The molecule has 0 unspecified atom stereocenters. The highest BCUT2D eigenvalue weighted by atomic mass is 16.5. The maximum atomic E-state index is 12.5. The number of rotatable bonds is 7. The van der Waals surface area contributed by atoms with Crippen LogP contribution < -0.4 is 19.5 Å². The summed E-state index contributed by atoms with van der Waals surface area (Å²) in [7, 11) is 6.36. The lowest BCUT2D eigenvalue weighted by atomic mass is 10.1. The van der Waals surface area contributed by atoms with Crippen molar-refractivity contribution in [2.24, 2.45) is 0 Å². The van der Waals surface area contributed by atoms with Crippen molar-refractivity contribution in [2.45, 2.75) is 19.9 Å². The van der Waals surface area contributed by atoms with Gasteiger partial charge in [-0.1, -0.05) is 31.2 Å². The number of carbonyl (C=O) groups is 1. The van der Waals surface area contributed by atoms with Gasteiger partial charge >= 0.3 is 6.03 Å². The largest absolute Gasteiger partial charge is 0.493 e. The van der Waals surface area contributed by atoms with Crippen molar-refractivity contribution in [1.29, 1.82) is 0 Å². The van der Waals surface area contributed by atoms with Gasteiger partial charge < -0.3 is 24.4 Å². The van der Waals surface area contributed by atoms with Gasteiger partial charge in [0.1, 0.15) is 0 Å². The lowest BCUT2D eigenvalue weighted by Gasteiger charge is -2.19. The van der Waals surface area contributed by atoms with Crippen molar-refractivity contribution >= 4 is 11.7 Å². The molecule has 0 radical (unpaired) electrons. The standard InChI is InChI=1S/C20H26N2O4/c1-6-14-7-9-15(10-8-14)13-22(2)20(23)21-16-11-17(24-3)19(26-5)18(12-16)25-4/h7-12H,6,13H2,1-5H3,(H,21,23). The fourth-order valence-corrected chi connectivity index (χ4v) is 2.60. The van der Waals surface area contributed by atoms with E-state index in [0.717, 1.165) is 12.0 Å². The molecular formula is C20H26N2O4. The van der Waals surface area contributed by atoms with E-state index < -0.39 is 0 Å². The highest BCUT2D eigenvalue weighted by Crippen LogP contribution is 2.39. The van der Waals surface area contributed by atoms with E-state index in [1.807, 2.05) is 12.1 Å². The van der Waals surface area contributed by atoms with Crippen LogP contribution in [0.5, 0.6) is 17.2 Å². The minimum Gasteiger partial charge on any atom is -0.493 e. The van der Waals surface area contributed by atoms with Crippen molar-refractivity contribution in [2.75, 3.05) is 33.7 Å². The second kappa shape index (κ2) is 8.99. The topological polar surface area (TPSA) is 60.0 Å². The van der Waals surface area contributed by atoms with Crippen LogP contribution in [0.15, 0.2) is 36.4 Å². The van der Waals surface area contributed by atoms with Gasteiger partial charge in [0.15, 0.2) is 11.5 Å². The molecule has 0 aliphatic rings. The lowest BCUT2D eigenvalue weighted by molar-refractivity contribution is 0.220. The lowest BCUT2D eigenvalue weighted by Crippen LogP contribution is -2.30. The van der Waals surface area contributed by atoms with Crippen molar-refractivity contribution < 1.29 is 19.0 Å². The molecule has 1 N–H and O–H groups in total. The Morgan fingerprint density at radius 1 is 0.962 bits per heavy atom. The number of urea groups is 1. The second-order valence-electron chi connectivity index (χ2n) is 5.87. The molecule has 2 aromatic carbocycles. The average Bonchev–Trinajstić information content (AvgIpc) is 2.67. The summed E-state index contributed by atoms with van der Waals surface area (Å²) in [5.74, 6) is 1.46. The maximum Gasteiger partial charge on any atom is 0.321 e. The number of ether oxygens (including phenoxy) is 3. The van der Waals surface area contributed by atoms with Crippen LogP contribution >= 0.6 is 0 Å². The van der Waals surface area contributed by atoms with Crippen molar-refractivity contribution in [3.8, 4) is 17.2 Å². The Morgan fingerprint density at radius 2 is 1.50 bits per heavy atom. The summed E-state index contributed by atoms with van der Waals surface area (Å²) in [6.07, 6.45) is 0.998. The van der Waals surface area contributed by atoms with Gasteiger partial charge in [0.25, 0.3) is 0 Å². The third-order valence-electron chi connectivity index (χ3n) is 4.11. The van der Waals surface area contributed by atoms with Crippen LogP contribution in [-0.2, 0) is 13.0 Å². The average molecular weight is 358 g/mol. The molecule has 0 atom stereocenters. The van der Waals surface area contributed by atoms with Gasteiger partial charge in [0.2, 0.25) is 5.75 Å². The Bertz CT molecular complexity index is 719. The van der Waals surface area contributed by atoms with Crippen molar-refractivity contribution in [3.63, 3.8) is 0 Å². The van der Waals surface area contributed by atoms with E-state index in [0.29, 0.717) is 29.5 Å². The van der Waals surface area contributed by atoms with Crippen LogP contribution in [0.25, 0.3) is 0 Å². The third-order valence-corrected chi connectivity index (χ3v) is 4.11. The van der Waals surface area contributed by atoms with Gasteiger partial charge in [-0.05, 0) is 17.5 Å². The number of hydrogen-bond donors (Lipinski definition) is 1. The number of anilines is 1. The molecule has 26 heavy (non-hydrogen) atoms. The zero-order valence-corrected chi connectivity index (χ0v) is 16.0. The Kier molecular flexibility index (Phi) is 6.72. The molecule has 2 amide bonds. The molecule has 0 saturated heterocycles. The summed E-state index contributed by atoms with van der Waals surface area (Å²) in [5, 5.41) is 2.86. The molecule has 0 aliphatic carbocycles. The molecule has 2 aromatic rings. The summed E-state index contributed by atoms with van der Waals surface area (Å²) in [5.41, 5.74) is 2.92. The molecule has 2 rings (SSSR count). The summed E-state index contributed by atoms with van der Waals surface area (Å²) in [4.78, 5) is 14.1. The van der Waals surface area contributed by atoms with Crippen LogP contribution in [0.1, 0.15) is 18.1 Å². The van der Waals surface area contributed by atoms with Gasteiger partial charge in [0, 0.05) is 25.7 Å². The number of carbonyl (C=O) groups excluding carboxylic acids is 1. The molecule has 0 aromatic heterocycles. The maximum absolute atomic E-state index is 12.5. The van der Waals surface area contributed by atoms with Gasteiger partial charge in [-0.15, -0.1) is 0 Å². The van der Waals surface area contributed by atoms with Crippen LogP contribution in [0, 0.1) is 0 Å². The first kappa shape index (κ1) is 19.4. The summed E-state index contributed by atoms with van der Waals surface area (Å²) < 4.78 is 15.9. The smallest absolute Gasteiger partial charge is 0.321 e. The second-order valence-corrected chi connectivity index (χ2v) is 5.87. The monoisotopic (exact) mass is 358 g/mol. The van der Waals surface area contributed by atoms with Gasteiger partial charge in [-0.2, -0.15) is 0 Å². The minimum atomic E-state index is -0.223. The van der Waals surface area contributed by atoms with E-state index in [1.165, 1.54) is 26.9 Å². The Morgan fingerprint density at radius 3 is 1.96 bits per heavy atom. The highest BCUT2D eigenvalue weighted by Gasteiger charge is 2.16. The van der Waals surface area contributed by atoms with Crippen molar-refractivity contribution in [1.82, 2.24) is 4.90 Å². The number of hydrogen-bond acceptors (Lipinski definition) is 4. The van der Waals surface area contributed by atoms with Crippen LogP contribution in [0.4, 0.5) is 10.5 Å². The number of methoxy groups -OCH3 is 3. The van der Waals surface area contributed by atoms with Crippen molar-refractivity contribution in [3.05, 3.63) is 47.5 Å². The zero-order chi connectivity index (χ0) is 19.1. The highest BCUT2D eigenvalue weighted by molar-refractivity contribution is 5.90. The number of benzene rings is 2. The predicted molar refractivity (Wildman–Crippen MR) is 102 cm³/mol. The molecule has 0 heterocycles. The van der Waals surface area contributed by atoms with Gasteiger partial charge in [-0.3, -0.25) is 0 Å². The zero-order valence-electron chi connectivity index (χ0n) is 16.0. The first-order chi connectivity index (χ1) is 12.5. The van der Waals surface area contributed by atoms with E-state index in [2.05, 4.69) is 24.4 Å². The first-order valence-electron chi connectivity index (χ1n) is 8.42. The number of amides is 2. The van der Waals surface area contributed by atoms with Gasteiger partial charge in [-0.25, -0.2) is 4.79 Å². The first-order valence-corrected chi connectivity index (χ1v) is 8.42. The van der Waals surface area contributed by atoms with E-state index in [1.54, 1.807) is 24.1 Å². The molecular weight excluding hydrogens is 332 g/mol. The van der Waals surface area contributed by atoms with E-state index in [-0.39, 0.29) is 6.03 Å². The van der Waals surface area contributed by atoms with E-state index in [4.69, 9.17) is 14.2 Å². The van der Waals surface area contributed by atoms with E-state index >= 15 is 0 Å². The van der Waals surface area contributed by atoms with Crippen LogP contribution in [-0.4, -0.2) is 39.3 Å². The molecule has 0 saturated carbocycles. The number of nitrogens with zero attached hydrogens (tertiary/aromatic N) is 1. The molecule has 140 valence electrons. The molecule has 0 aliphatic heterocycles. The third kappa shape index (κ3) is 4.59. The van der Waals surface area contributed by atoms with Gasteiger partial charge in [0.05, 0.1) is 27.0 Å². The number of aryl methyl sites for hydroxylation is 1. The molecule has 6 heteroatoms. The molecule has 6 nitrogen and oxygen atoms in total. The summed E-state index contributed by atoms with van der Waals surface area (Å²) in [6, 6.07) is 11.4. The number of nitrogens with one attached hydrogen (secondary N) is 1. The predicted octanol–water partition coefficient (Wildman–Crippen LogP) is 3.94. The Balaban J connectivity index is 2.10. The van der Waals surface area contributed by atoms with Crippen LogP contribution in [0.3, 0.4) is 0 Å². The fraction of sp³-hybridized carbons (Fsp3) is 0.350. The molecule has 0 spiro atoms. The molecule has 0 bridgehead atoms. The minimum absolute atomic E-state index is 0.223.